The van der Waals surface area contributed by atoms with Crippen molar-refractivity contribution in [3.05, 3.63) is 16.8 Å². The number of ether oxygens (including phenoxy) is 1. The van der Waals surface area contributed by atoms with Gasteiger partial charge >= 0.3 is 5.69 Å². The fourth-order valence-corrected chi connectivity index (χ4v) is 1.50. The molecular formula is C8H12N4O2. The van der Waals surface area contributed by atoms with Gasteiger partial charge in [-0.2, -0.15) is 4.98 Å². The molecule has 1 aliphatic rings. The standard InChI is InChI=1S/C8H12N4O2/c9-7-10-5-12(8(13)11-7)6-3-1-2-4-14-6/h5-6H,1-4H2,(H2,9,11,13). The van der Waals surface area contributed by atoms with Gasteiger partial charge in [0.15, 0.2) is 0 Å². The second-order valence-corrected chi connectivity index (χ2v) is 3.23. The molecule has 2 N–H and O–H groups in total. The van der Waals surface area contributed by atoms with Crippen LogP contribution in [0.4, 0.5) is 5.95 Å². The molecule has 2 heterocycles. The van der Waals surface area contributed by atoms with Gasteiger partial charge in [-0.1, -0.05) is 0 Å². The molecule has 0 aromatic carbocycles. The lowest BCUT2D eigenvalue weighted by Crippen LogP contribution is -2.31. The molecule has 0 amide bonds. The van der Waals surface area contributed by atoms with Crippen molar-refractivity contribution >= 4 is 5.95 Å². The van der Waals surface area contributed by atoms with E-state index in [2.05, 4.69) is 9.97 Å². The summed E-state index contributed by atoms with van der Waals surface area (Å²) in [6.45, 7) is 0.682. The first-order valence-corrected chi connectivity index (χ1v) is 4.59. The lowest BCUT2D eigenvalue weighted by atomic mass is 10.2. The molecule has 1 aromatic rings. The maximum Gasteiger partial charge on any atom is 0.354 e. The van der Waals surface area contributed by atoms with E-state index < -0.39 is 5.69 Å². The molecule has 1 aliphatic heterocycles. The topological polar surface area (TPSA) is 83.0 Å². The van der Waals surface area contributed by atoms with Crippen molar-refractivity contribution in [2.24, 2.45) is 0 Å². The molecule has 1 atom stereocenters. The molecule has 0 saturated carbocycles. The molecule has 1 aromatic heterocycles. The summed E-state index contributed by atoms with van der Waals surface area (Å²) in [5.41, 5.74) is 4.88. The summed E-state index contributed by atoms with van der Waals surface area (Å²) in [5, 5.41) is 0. The summed E-state index contributed by atoms with van der Waals surface area (Å²) in [7, 11) is 0. The molecule has 0 spiro atoms. The number of nitrogen functional groups attached to an aromatic ring is 1. The van der Waals surface area contributed by atoms with Crippen LogP contribution in [0.3, 0.4) is 0 Å². The average Bonchev–Trinajstić information content (AvgIpc) is 2.19. The van der Waals surface area contributed by atoms with Crippen molar-refractivity contribution < 1.29 is 4.74 Å². The van der Waals surface area contributed by atoms with E-state index in [4.69, 9.17) is 10.5 Å². The number of hydrogen-bond donors (Lipinski definition) is 1. The van der Waals surface area contributed by atoms with Gasteiger partial charge in [-0.3, -0.25) is 4.57 Å². The van der Waals surface area contributed by atoms with Crippen LogP contribution in [0.5, 0.6) is 0 Å². The Kier molecular flexibility index (Phi) is 2.45. The molecule has 6 nitrogen and oxygen atoms in total. The zero-order chi connectivity index (χ0) is 9.97. The minimum Gasteiger partial charge on any atom is -0.368 e. The van der Waals surface area contributed by atoms with Crippen molar-refractivity contribution in [2.75, 3.05) is 12.3 Å². The van der Waals surface area contributed by atoms with E-state index in [1.165, 1.54) is 10.9 Å². The van der Waals surface area contributed by atoms with Crippen LogP contribution in [0.15, 0.2) is 11.1 Å². The number of rotatable bonds is 1. The maximum atomic E-state index is 11.4. The van der Waals surface area contributed by atoms with Crippen LogP contribution >= 0.6 is 0 Å². The van der Waals surface area contributed by atoms with E-state index in [0.717, 1.165) is 19.3 Å². The normalized spacial score (nSPS) is 22.1. The molecule has 76 valence electrons. The highest BCUT2D eigenvalue weighted by Crippen LogP contribution is 2.19. The second-order valence-electron chi connectivity index (χ2n) is 3.23. The zero-order valence-electron chi connectivity index (χ0n) is 7.72. The lowest BCUT2D eigenvalue weighted by Gasteiger charge is -2.23. The molecule has 0 aliphatic carbocycles. The second kappa shape index (κ2) is 3.75. The van der Waals surface area contributed by atoms with Crippen molar-refractivity contribution in [1.82, 2.24) is 14.5 Å². The minimum atomic E-state index is -0.399. The Labute approximate surface area is 80.7 Å². The minimum absolute atomic E-state index is 0.00191. The molecule has 14 heavy (non-hydrogen) atoms. The molecular weight excluding hydrogens is 184 g/mol. The summed E-state index contributed by atoms with van der Waals surface area (Å²) in [5.74, 6) is 0.00191. The SMILES string of the molecule is Nc1ncn(C2CCCCO2)c(=O)n1. The Bertz CT molecular complexity index is 370. The molecule has 1 unspecified atom stereocenters. The van der Waals surface area contributed by atoms with Crippen LogP contribution in [0.25, 0.3) is 0 Å². The van der Waals surface area contributed by atoms with Gasteiger partial charge in [-0.25, -0.2) is 9.78 Å². The zero-order valence-corrected chi connectivity index (χ0v) is 7.72. The van der Waals surface area contributed by atoms with E-state index in [-0.39, 0.29) is 12.2 Å². The van der Waals surface area contributed by atoms with Crippen LogP contribution in [0.1, 0.15) is 25.5 Å². The van der Waals surface area contributed by atoms with E-state index in [0.29, 0.717) is 6.61 Å². The van der Waals surface area contributed by atoms with Gasteiger partial charge in [-0.15, -0.1) is 0 Å². The van der Waals surface area contributed by atoms with Gasteiger partial charge in [-0.05, 0) is 19.3 Å². The first-order chi connectivity index (χ1) is 6.77. The quantitative estimate of drug-likeness (QED) is 0.679. The molecule has 1 saturated heterocycles. The Morgan fingerprint density at radius 3 is 3.07 bits per heavy atom. The summed E-state index contributed by atoms with van der Waals surface area (Å²) >= 11 is 0. The number of anilines is 1. The van der Waals surface area contributed by atoms with Crippen molar-refractivity contribution in [2.45, 2.75) is 25.5 Å². The van der Waals surface area contributed by atoms with Gasteiger partial charge in [0.05, 0.1) is 0 Å². The van der Waals surface area contributed by atoms with Crippen LogP contribution in [0.2, 0.25) is 0 Å². The lowest BCUT2D eigenvalue weighted by molar-refractivity contribution is -0.0354. The number of nitrogens with two attached hydrogens (primary N) is 1. The van der Waals surface area contributed by atoms with E-state index in [1.54, 1.807) is 0 Å². The smallest absolute Gasteiger partial charge is 0.354 e. The largest absolute Gasteiger partial charge is 0.368 e. The van der Waals surface area contributed by atoms with Crippen LogP contribution in [-0.2, 0) is 4.74 Å². The Morgan fingerprint density at radius 1 is 1.57 bits per heavy atom. The third kappa shape index (κ3) is 1.74. The van der Waals surface area contributed by atoms with E-state index in [1.807, 2.05) is 0 Å². The van der Waals surface area contributed by atoms with E-state index in [9.17, 15) is 4.79 Å². The number of nitrogens with zero attached hydrogens (tertiary/aromatic N) is 3. The van der Waals surface area contributed by atoms with Crippen LogP contribution in [0, 0.1) is 0 Å². The molecule has 0 bridgehead atoms. The number of aromatic nitrogens is 3. The summed E-state index contributed by atoms with van der Waals surface area (Å²) < 4.78 is 6.81. The van der Waals surface area contributed by atoms with Crippen LogP contribution < -0.4 is 11.4 Å². The Balaban J connectivity index is 2.26. The first-order valence-electron chi connectivity index (χ1n) is 4.59. The van der Waals surface area contributed by atoms with E-state index >= 15 is 0 Å². The Hall–Kier alpha value is -1.43. The van der Waals surface area contributed by atoms with Gasteiger partial charge < -0.3 is 10.5 Å². The highest BCUT2D eigenvalue weighted by molar-refractivity contribution is 5.09. The highest BCUT2D eigenvalue weighted by Gasteiger charge is 2.17. The summed E-state index contributed by atoms with van der Waals surface area (Å²) in [4.78, 5) is 18.7. The van der Waals surface area contributed by atoms with Gasteiger partial charge in [0.1, 0.15) is 12.6 Å². The highest BCUT2D eigenvalue weighted by atomic mass is 16.5. The predicted octanol–water partition coefficient (Wildman–Crippen LogP) is -0.0804. The third-order valence-corrected chi connectivity index (χ3v) is 2.21. The van der Waals surface area contributed by atoms with Crippen molar-refractivity contribution in [1.29, 1.82) is 0 Å². The maximum absolute atomic E-state index is 11.4. The fourth-order valence-electron chi connectivity index (χ4n) is 1.50. The van der Waals surface area contributed by atoms with Crippen molar-refractivity contribution in [3.63, 3.8) is 0 Å². The first kappa shape index (κ1) is 9.14. The van der Waals surface area contributed by atoms with Gasteiger partial charge in [0, 0.05) is 6.61 Å². The van der Waals surface area contributed by atoms with Gasteiger partial charge in [0.2, 0.25) is 5.95 Å². The molecule has 6 heteroatoms. The molecule has 2 rings (SSSR count). The summed E-state index contributed by atoms with van der Waals surface area (Å²) in [6, 6.07) is 0. The average molecular weight is 196 g/mol. The monoisotopic (exact) mass is 196 g/mol. The number of hydrogen-bond acceptors (Lipinski definition) is 5. The molecule has 1 fully saturated rings. The van der Waals surface area contributed by atoms with Gasteiger partial charge in [0.25, 0.3) is 0 Å². The fraction of sp³-hybridized carbons (Fsp3) is 0.625. The molecule has 0 radical (unpaired) electrons. The predicted molar refractivity (Wildman–Crippen MR) is 49.5 cm³/mol. The third-order valence-electron chi connectivity index (χ3n) is 2.21. The van der Waals surface area contributed by atoms with Crippen molar-refractivity contribution in [3.8, 4) is 0 Å². The Morgan fingerprint density at radius 2 is 2.43 bits per heavy atom. The summed E-state index contributed by atoms with van der Waals surface area (Å²) in [6.07, 6.45) is 4.09. The van der Waals surface area contributed by atoms with Crippen LogP contribution in [-0.4, -0.2) is 21.1 Å².